The van der Waals surface area contributed by atoms with Crippen LogP contribution in [0.2, 0.25) is 0 Å². The average molecular weight is 320 g/mol. The van der Waals surface area contributed by atoms with Gasteiger partial charge in [0.25, 0.3) is 5.91 Å². The first kappa shape index (κ1) is 14.1. The summed E-state index contributed by atoms with van der Waals surface area (Å²) >= 11 is 0. The number of hydrogen-bond donors (Lipinski definition) is 2. The highest BCUT2D eigenvalue weighted by atomic mass is 16.5. The van der Waals surface area contributed by atoms with Crippen molar-refractivity contribution in [2.24, 2.45) is 0 Å². The lowest BCUT2D eigenvalue weighted by Gasteiger charge is -2.03. The Hall–Kier alpha value is -3.55. The minimum absolute atomic E-state index is 0.140. The summed E-state index contributed by atoms with van der Waals surface area (Å²) in [5.41, 5.74) is 2.01. The Morgan fingerprint density at radius 3 is 2.96 bits per heavy atom. The molecule has 8 heteroatoms. The molecule has 0 aliphatic rings. The van der Waals surface area contributed by atoms with Crippen molar-refractivity contribution in [1.29, 1.82) is 0 Å². The SMILES string of the molecule is O=C(NCc1nc(-c2ccncc2)no1)c1cccc2cn[nH]c12. The second-order valence-electron chi connectivity index (χ2n) is 5.07. The number of amides is 1. The number of benzene rings is 1. The Morgan fingerprint density at radius 2 is 2.08 bits per heavy atom. The Balaban J connectivity index is 1.48. The number of nitrogens with one attached hydrogen (secondary N) is 2. The minimum Gasteiger partial charge on any atom is -0.343 e. The number of fused-ring (bicyclic) bond motifs is 1. The molecule has 118 valence electrons. The standard InChI is InChI=1S/C16H12N6O2/c23-16(12-3-1-2-11-8-19-21-14(11)12)18-9-13-20-15(22-24-13)10-4-6-17-7-5-10/h1-8H,9H2,(H,18,23)(H,19,21). The smallest absolute Gasteiger partial charge is 0.253 e. The summed E-state index contributed by atoms with van der Waals surface area (Å²) < 4.78 is 5.16. The normalized spacial score (nSPS) is 10.8. The maximum absolute atomic E-state index is 12.3. The molecule has 0 atom stereocenters. The number of carbonyl (C=O) groups is 1. The molecule has 0 saturated carbocycles. The fourth-order valence-corrected chi connectivity index (χ4v) is 2.35. The zero-order valence-electron chi connectivity index (χ0n) is 12.4. The molecule has 3 heterocycles. The first-order valence-electron chi connectivity index (χ1n) is 7.24. The Kier molecular flexibility index (Phi) is 3.47. The molecule has 0 radical (unpaired) electrons. The maximum atomic E-state index is 12.3. The van der Waals surface area contributed by atoms with Crippen LogP contribution in [0.15, 0.2) is 53.4 Å². The molecule has 3 aromatic heterocycles. The fourth-order valence-electron chi connectivity index (χ4n) is 2.35. The summed E-state index contributed by atoms with van der Waals surface area (Å²) in [6.07, 6.45) is 4.97. The Bertz CT molecular complexity index is 992. The highest BCUT2D eigenvalue weighted by Crippen LogP contribution is 2.16. The van der Waals surface area contributed by atoms with E-state index in [1.807, 2.05) is 6.07 Å². The number of carbonyl (C=O) groups excluding carboxylic acids is 1. The van der Waals surface area contributed by atoms with Gasteiger partial charge in [-0.05, 0) is 18.2 Å². The van der Waals surface area contributed by atoms with Crippen molar-refractivity contribution in [2.75, 3.05) is 0 Å². The van der Waals surface area contributed by atoms with Crippen LogP contribution >= 0.6 is 0 Å². The first-order chi connectivity index (χ1) is 11.8. The van der Waals surface area contributed by atoms with E-state index in [9.17, 15) is 4.79 Å². The fraction of sp³-hybridized carbons (Fsp3) is 0.0625. The van der Waals surface area contributed by atoms with Gasteiger partial charge in [0.1, 0.15) is 0 Å². The second kappa shape index (κ2) is 5.92. The molecule has 4 aromatic rings. The quantitative estimate of drug-likeness (QED) is 0.594. The lowest BCUT2D eigenvalue weighted by atomic mass is 10.1. The van der Waals surface area contributed by atoms with Gasteiger partial charge in [0.2, 0.25) is 11.7 Å². The average Bonchev–Trinajstić information content (AvgIpc) is 3.29. The molecule has 0 saturated heterocycles. The monoisotopic (exact) mass is 320 g/mol. The highest BCUT2D eigenvalue weighted by Gasteiger charge is 2.13. The van der Waals surface area contributed by atoms with Crippen molar-refractivity contribution in [3.05, 3.63) is 60.4 Å². The topological polar surface area (TPSA) is 110 Å². The van der Waals surface area contributed by atoms with Gasteiger partial charge in [-0.1, -0.05) is 17.3 Å². The Labute approximate surface area is 135 Å². The van der Waals surface area contributed by atoms with Crippen LogP contribution in [-0.2, 0) is 6.54 Å². The van der Waals surface area contributed by atoms with Gasteiger partial charge in [-0.15, -0.1) is 0 Å². The molecule has 1 aromatic carbocycles. The summed E-state index contributed by atoms with van der Waals surface area (Å²) in [4.78, 5) is 20.5. The Morgan fingerprint density at radius 1 is 1.21 bits per heavy atom. The van der Waals surface area contributed by atoms with Gasteiger partial charge in [-0.3, -0.25) is 14.9 Å². The number of aromatic nitrogens is 5. The van der Waals surface area contributed by atoms with Crippen LogP contribution in [0.1, 0.15) is 16.2 Å². The van der Waals surface area contributed by atoms with Crippen molar-refractivity contribution in [2.45, 2.75) is 6.54 Å². The number of para-hydroxylation sites is 1. The molecule has 24 heavy (non-hydrogen) atoms. The first-order valence-corrected chi connectivity index (χ1v) is 7.24. The van der Waals surface area contributed by atoms with E-state index in [0.29, 0.717) is 22.8 Å². The molecule has 0 bridgehead atoms. The number of aromatic amines is 1. The lowest BCUT2D eigenvalue weighted by Crippen LogP contribution is -2.23. The van der Waals surface area contributed by atoms with E-state index in [0.717, 1.165) is 10.9 Å². The van der Waals surface area contributed by atoms with E-state index in [1.54, 1.807) is 42.9 Å². The molecule has 1 amide bonds. The van der Waals surface area contributed by atoms with Gasteiger partial charge in [0.15, 0.2) is 0 Å². The van der Waals surface area contributed by atoms with Gasteiger partial charge in [-0.25, -0.2) is 0 Å². The van der Waals surface area contributed by atoms with Crippen molar-refractivity contribution >= 4 is 16.8 Å². The third kappa shape index (κ3) is 2.60. The van der Waals surface area contributed by atoms with Crippen molar-refractivity contribution in [3.8, 4) is 11.4 Å². The van der Waals surface area contributed by atoms with Gasteiger partial charge >= 0.3 is 0 Å². The van der Waals surface area contributed by atoms with Gasteiger partial charge < -0.3 is 9.84 Å². The minimum atomic E-state index is -0.242. The van der Waals surface area contributed by atoms with Gasteiger partial charge in [0, 0.05) is 23.3 Å². The lowest BCUT2D eigenvalue weighted by molar-refractivity contribution is 0.0947. The number of nitrogens with zero attached hydrogens (tertiary/aromatic N) is 4. The predicted octanol–water partition coefficient (Wildman–Crippen LogP) is 1.94. The summed E-state index contributed by atoms with van der Waals surface area (Å²) in [7, 11) is 0. The zero-order valence-corrected chi connectivity index (χ0v) is 12.4. The predicted molar refractivity (Wildman–Crippen MR) is 84.8 cm³/mol. The van der Waals surface area contributed by atoms with E-state index >= 15 is 0 Å². The van der Waals surface area contributed by atoms with E-state index in [2.05, 4.69) is 30.6 Å². The van der Waals surface area contributed by atoms with Gasteiger partial charge in [-0.2, -0.15) is 10.1 Å². The van der Waals surface area contributed by atoms with Crippen LogP contribution in [-0.4, -0.2) is 31.2 Å². The molecule has 4 rings (SSSR count). The molecular formula is C16H12N6O2. The van der Waals surface area contributed by atoms with E-state index in [-0.39, 0.29) is 12.5 Å². The van der Waals surface area contributed by atoms with Gasteiger partial charge in [0.05, 0.1) is 23.8 Å². The van der Waals surface area contributed by atoms with Crippen LogP contribution in [0, 0.1) is 0 Å². The zero-order chi connectivity index (χ0) is 16.4. The van der Waals surface area contributed by atoms with E-state index < -0.39 is 0 Å². The number of H-pyrrole nitrogens is 1. The molecule has 2 N–H and O–H groups in total. The van der Waals surface area contributed by atoms with Crippen LogP contribution in [0.3, 0.4) is 0 Å². The molecule has 0 unspecified atom stereocenters. The molecule has 0 aliphatic heterocycles. The molecule has 0 spiro atoms. The van der Waals surface area contributed by atoms with Crippen LogP contribution in [0.25, 0.3) is 22.3 Å². The van der Waals surface area contributed by atoms with Crippen molar-refractivity contribution in [1.82, 2.24) is 30.6 Å². The number of rotatable bonds is 4. The van der Waals surface area contributed by atoms with E-state index in [1.165, 1.54) is 0 Å². The summed E-state index contributed by atoms with van der Waals surface area (Å²) in [6, 6.07) is 8.99. The number of hydrogen-bond acceptors (Lipinski definition) is 6. The third-order valence-electron chi connectivity index (χ3n) is 3.53. The second-order valence-corrected chi connectivity index (χ2v) is 5.07. The molecule has 0 aliphatic carbocycles. The van der Waals surface area contributed by atoms with Crippen LogP contribution < -0.4 is 5.32 Å². The summed E-state index contributed by atoms with van der Waals surface area (Å²) in [5, 5.41) is 14.3. The van der Waals surface area contributed by atoms with E-state index in [4.69, 9.17) is 4.52 Å². The van der Waals surface area contributed by atoms with Crippen molar-refractivity contribution < 1.29 is 9.32 Å². The number of pyridine rings is 1. The van der Waals surface area contributed by atoms with Crippen molar-refractivity contribution in [3.63, 3.8) is 0 Å². The molecular weight excluding hydrogens is 308 g/mol. The maximum Gasteiger partial charge on any atom is 0.253 e. The van der Waals surface area contributed by atoms with Crippen LogP contribution in [0.5, 0.6) is 0 Å². The van der Waals surface area contributed by atoms with Crippen LogP contribution in [0.4, 0.5) is 0 Å². The highest BCUT2D eigenvalue weighted by molar-refractivity contribution is 6.05. The molecule has 0 fully saturated rings. The summed E-state index contributed by atoms with van der Waals surface area (Å²) in [6.45, 7) is 0.140. The third-order valence-corrected chi connectivity index (χ3v) is 3.53. The largest absolute Gasteiger partial charge is 0.343 e. The molecule has 8 nitrogen and oxygen atoms in total. The summed E-state index contributed by atoms with van der Waals surface area (Å²) in [5.74, 6) is 0.540.